The number of piperazine rings is 1. The van der Waals surface area contributed by atoms with E-state index in [4.69, 9.17) is 0 Å². The number of hydrogen-bond donors (Lipinski definition) is 1. The molecule has 1 saturated heterocycles. The van der Waals surface area contributed by atoms with Gasteiger partial charge in [0.2, 0.25) is 0 Å². The van der Waals surface area contributed by atoms with Crippen molar-refractivity contribution >= 4 is 11.8 Å². The van der Waals surface area contributed by atoms with Gasteiger partial charge in [0.1, 0.15) is 0 Å². The molecule has 1 heterocycles. The number of carbonyl (C=O) groups is 2. The molecule has 0 radical (unpaired) electrons. The molecule has 0 atom stereocenters. The number of amides is 2. The van der Waals surface area contributed by atoms with E-state index in [9.17, 15) is 35.9 Å². The standard InChI is InChI=1S/C22H21F6N3O2/c23-21(24,25)17-5-1-3-15(13-17)19(32)29-7-8-30-9-11-31(12-10-30)20(33)16-4-2-6-18(14-16)22(26,27)28/h1-6,13-14H,7-12H2,(H,29,32). The summed E-state index contributed by atoms with van der Waals surface area (Å²) in [5.74, 6) is -1.11. The van der Waals surface area contributed by atoms with Crippen LogP contribution in [-0.2, 0) is 12.4 Å². The first-order valence-electron chi connectivity index (χ1n) is 10.1. The Balaban J connectivity index is 1.46. The maximum Gasteiger partial charge on any atom is 0.416 e. The Morgan fingerprint density at radius 2 is 1.30 bits per heavy atom. The van der Waals surface area contributed by atoms with Gasteiger partial charge in [-0.3, -0.25) is 14.5 Å². The Kier molecular flexibility index (Phi) is 7.31. The molecule has 3 rings (SSSR count). The van der Waals surface area contributed by atoms with E-state index in [1.807, 2.05) is 4.90 Å². The third kappa shape index (κ3) is 6.47. The van der Waals surface area contributed by atoms with Gasteiger partial charge >= 0.3 is 12.4 Å². The summed E-state index contributed by atoms with van der Waals surface area (Å²) in [4.78, 5) is 28.1. The van der Waals surface area contributed by atoms with Crippen LogP contribution in [0.5, 0.6) is 0 Å². The van der Waals surface area contributed by atoms with Crippen LogP contribution in [0.1, 0.15) is 31.8 Å². The molecule has 1 aliphatic heterocycles. The zero-order valence-electron chi connectivity index (χ0n) is 17.3. The second kappa shape index (κ2) is 9.82. The van der Waals surface area contributed by atoms with Crippen LogP contribution in [0.15, 0.2) is 48.5 Å². The van der Waals surface area contributed by atoms with Gasteiger partial charge in [-0.15, -0.1) is 0 Å². The zero-order chi connectivity index (χ0) is 24.2. The van der Waals surface area contributed by atoms with Crippen molar-refractivity contribution < 1.29 is 35.9 Å². The lowest BCUT2D eigenvalue weighted by Crippen LogP contribution is -2.50. The topological polar surface area (TPSA) is 52.7 Å². The van der Waals surface area contributed by atoms with Gasteiger partial charge in [-0.2, -0.15) is 26.3 Å². The van der Waals surface area contributed by atoms with Crippen molar-refractivity contribution in [3.8, 4) is 0 Å². The minimum absolute atomic E-state index is 0.0355. The lowest BCUT2D eigenvalue weighted by molar-refractivity contribution is -0.138. The van der Waals surface area contributed by atoms with E-state index < -0.39 is 35.3 Å². The van der Waals surface area contributed by atoms with Crippen LogP contribution in [0.2, 0.25) is 0 Å². The van der Waals surface area contributed by atoms with E-state index in [-0.39, 0.29) is 17.7 Å². The molecular formula is C22H21F6N3O2. The first-order chi connectivity index (χ1) is 15.4. The monoisotopic (exact) mass is 473 g/mol. The Bertz CT molecular complexity index is 995. The van der Waals surface area contributed by atoms with Crippen LogP contribution < -0.4 is 5.32 Å². The number of carbonyl (C=O) groups excluding carboxylic acids is 2. The molecule has 0 unspecified atom stereocenters. The van der Waals surface area contributed by atoms with Crippen LogP contribution in [0, 0.1) is 0 Å². The lowest BCUT2D eigenvalue weighted by Gasteiger charge is -2.34. The smallest absolute Gasteiger partial charge is 0.351 e. The first kappa shape index (κ1) is 24.6. The summed E-state index contributed by atoms with van der Waals surface area (Å²) in [5.41, 5.74) is -1.92. The quantitative estimate of drug-likeness (QED) is 0.671. The van der Waals surface area contributed by atoms with Crippen molar-refractivity contribution in [2.45, 2.75) is 12.4 Å². The molecule has 0 bridgehead atoms. The van der Waals surface area contributed by atoms with Crippen LogP contribution in [-0.4, -0.2) is 60.9 Å². The van der Waals surface area contributed by atoms with Gasteiger partial charge in [0.05, 0.1) is 11.1 Å². The van der Waals surface area contributed by atoms with E-state index in [1.165, 1.54) is 29.2 Å². The number of nitrogens with zero attached hydrogens (tertiary/aromatic N) is 2. The molecule has 33 heavy (non-hydrogen) atoms. The highest BCUT2D eigenvalue weighted by atomic mass is 19.4. The fourth-order valence-electron chi connectivity index (χ4n) is 3.45. The van der Waals surface area contributed by atoms with Crippen LogP contribution in [0.4, 0.5) is 26.3 Å². The Morgan fingerprint density at radius 3 is 1.85 bits per heavy atom. The van der Waals surface area contributed by atoms with Gasteiger partial charge in [0.25, 0.3) is 11.8 Å². The second-order valence-corrected chi connectivity index (χ2v) is 7.55. The van der Waals surface area contributed by atoms with Crippen molar-refractivity contribution in [3.63, 3.8) is 0 Å². The fourth-order valence-corrected chi connectivity index (χ4v) is 3.45. The molecular weight excluding hydrogens is 452 g/mol. The van der Waals surface area contributed by atoms with Crippen molar-refractivity contribution in [3.05, 3.63) is 70.8 Å². The first-order valence-corrected chi connectivity index (χ1v) is 10.1. The van der Waals surface area contributed by atoms with Crippen LogP contribution in [0.25, 0.3) is 0 Å². The summed E-state index contributed by atoms with van der Waals surface area (Å²) in [6.07, 6.45) is -9.07. The van der Waals surface area contributed by atoms with E-state index in [0.29, 0.717) is 32.7 Å². The van der Waals surface area contributed by atoms with Crippen LogP contribution >= 0.6 is 0 Å². The molecule has 1 fully saturated rings. The summed E-state index contributed by atoms with van der Waals surface area (Å²) in [5, 5.41) is 2.57. The average molecular weight is 473 g/mol. The number of hydrogen-bond acceptors (Lipinski definition) is 3. The molecule has 2 aromatic carbocycles. The number of benzene rings is 2. The van der Waals surface area contributed by atoms with Gasteiger partial charge in [0.15, 0.2) is 0 Å². The summed E-state index contributed by atoms with van der Waals surface area (Å²) in [6, 6.07) is 8.40. The summed E-state index contributed by atoms with van der Waals surface area (Å²) in [7, 11) is 0. The molecule has 0 spiro atoms. The number of halogens is 6. The van der Waals surface area contributed by atoms with Crippen molar-refractivity contribution in [2.24, 2.45) is 0 Å². The lowest BCUT2D eigenvalue weighted by atomic mass is 10.1. The Labute approximate surface area is 186 Å². The molecule has 2 aromatic rings. The van der Waals surface area contributed by atoms with E-state index in [0.717, 1.165) is 24.3 Å². The SMILES string of the molecule is O=C(NCCN1CCN(C(=O)c2cccc(C(F)(F)F)c2)CC1)c1cccc(C(F)(F)F)c1. The van der Waals surface area contributed by atoms with Gasteiger partial charge in [-0.05, 0) is 36.4 Å². The van der Waals surface area contributed by atoms with Crippen molar-refractivity contribution in [1.29, 1.82) is 0 Å². The third-order valence-corrected chi connectivity index (χ3v) is 5.26. The maximum atomic E-state index is 12.9. The van der Waals surface area contributed by atoms with Gasteiger partial charge in [0, 0.05) is 50.4 Å². The van der Waals surface area contributed by atoms with Gasteiger partial charge in [-0.1, -0.05) is 12.1 Å². The molecule has 1 aliphatic rings. The maximum absolute atomic E-state index is 12.9. The van der Waals surface area contributed by atoms with Gasteiger partial charge in [-0.25, -0.2) is 0 Å². The molecule has 1 N–H and O–H groups in total. The third-order valence-electron chi connectivity index (χ3n) is 5.26. The normalized spacial score (nSPS) is 15.4. The minimum Gasteiger partial charge on any atom is -0.351 e. The largest absolute Gasteiger partial charge is 0.416 e. The van der Waals surface area contributed by atoms with E-state index in [2.05, 4.69) is 5.32 Å². The predicted molar refractivity (Wildman–Crippen MR) is 108 cm³/mol. The van der Waals surface area contributed by atoms with Crippen molar-refractivity contribution in [2.75, 3.05) is 39.3 Å². The summed E-state index contributed by atoms with van der Waals surface area (Å²) < 4.78 is 76.9. The Hall–Kier alpha value is -3.08. The molecule has 11 heteroatoms. The second-order valence-electron chi connectivity index (χ2n) is 7.55. The number of alkyl halides is 6. The molecule has 5 nitrogen and oxygen atoms in total. The van der Waals surface area contributed by atoms with Gasteiger partial charge < -0.3 is 10.2 Å². The molecule has 0 saturated carbocycles. The van der Waals surface area contributed by atoms with E-state index >= 15 is 0 Å². The fraction of sp³-hybridized carbons (Fsp3) is 0.364. The zero-order valence-corrected chi connectivity index (χ0v) is 17.3. The number of nitrogens with one attached hydrogen (secondary N) is 1. The van der Waals surface area contributed by atoms with Crippen molar-refractivity contribution in [1.82, 2.24) is 15.1 Å². The summed E-state index contributed by atoms with van der Waals surface area (Å²) >= 11 is 0. The number of rotatable bonds is 5. The average Bonchev–Trinajstić information content (AvgIpc) is 2.78. The predicted octanol–water partition coefficient (Wildman–Crippen LogP) is 3.91. The van der Waals surface area contributed by atoms with E-state index in [1.54, 1.807) is 0 Å². The highest BCUT2D eigenvalue weighted by molar-refractivity contribution is 5.95. The molecule has 0 aromatic heterocycles. The highest BCUT2D eigenvalue weighted by Gasteiger charge is 2.32. The molecule has 0 aliphatic carbocycles. The highest BCUT2D eigenvalue weighted by Crippen LogP contribution is 2.30. The molecule has 2 amide bonds. The molecule has 178 valence electrons. The summed E-state index contributed by atoms with van der Waals surface area (Å²) in [6.45, 7) is 2.11. The Morgan fingerprint density at radius 1 is 0.788 bits per heavy atom. The minimum atomic E-state index is -4.54. The van der Waals surface area contributed by atoms with Crippen LogP contribution in [0.3, 0.4) is 0 Å².